The van der Waals surface area contributed by atoms with Gasteiger partial charge in [-0.3, -0.25) is 16.0 Å². The second kappa shape index (κ2) is 5.91. The van der Waals surface area contributed by atoms with Crippen LogP contribution in [-0.4, -0.2) is 33.5 Å². The molecule has 0 radical (unpaired) electrons. The molecule has 3 atom stereocenters. The minimum absolute atomic E-state index is 0.0900. The van der Waals surface area contributed by atoms with E-state index in [9.17, 15) is 0 Å². The molecule has 0 aliphatic carbocycles. The summed E-state index contributed by atoms with van der Waals surface area (Å²) in [5.41, 5.74) is 6.72. The molecule has 0 bridgehead atoms. The monoisotopic (exact) mass is 310 g/mol. The number of ether oxygens (including phenoxy) is 1. The largest absolute Gasteiger partial charge is 0.374 e. The summed E-state index contributed by atoms with van der Waals surface area (Å²) < 4.78 is 8.10. The fourth-order valence-corrected chi connectivity index (χ4v) is 5.29. The van der Waals surface area contributed by atoms with E-state index in [1.807, 2.05) is 23.5 Å². The molecule has 5 nitrogen and oxygen atoms in total. The summed E-state index contributed by atoms with van der Waals surface area (Å²) in [7, 11) is 2.00. The first-order chi connectivity index (χ1) is 10.1. The van der Waals surface area contributed by atoms with E-state index in [4.69, 9.17) is 10.6 Å². The number of hydrazine groups is 1. The van der Waals surface area contributed by atoms with Crippen LogP contribution in [0.5, 0.6) is 0 Å². The zero-order chi connectivity index (χ0) is 15.0. The molecule has 21 heavy (non-hydrogen) atoms. The third kappa shape index (κ3) is 2.74. The van der Waals surface area contributed by atoms with Crippen molar-refractivity contribution in [1.82, 2.24) is 15.2 Å². The van der Waals surface area contributed by atoms with E-state index in [1.54, 1.807) is 0 Å². The van der Waals surface area contributed by atoms with Crippen molar-refractivity contribution in [2.24, 2.45) is 18.8 Å². The molecule has 0 amide bonds. The van der Waals surface area contributed by atoms with Gasteiger partial charge in [-0.05, 0) is 44.8 Å². The number of thioether (sulfide) groups is 1. The van der Waals surface area contributed by atoms with Crippen LogP contribution >= 0.6 is 11.8 Å². The molecule has 1 aromatic rings. The molecular formula is C15H26N4OS. The van der Waals surface area contributed by atoms with Crippen LogP contribution in [0.2, 0.25) is 0 Å². The average Bonchev–Trinajstić information content (AvgIpc) is 3.00. The second-order valence-electron chi connectivity index (χ2n) is 6.44. The number of aromatic nitrogens is 2. The van der Waals surface area contributed by atoms with Gasteiger partial charge < -0.3 is 4.74 Å². The number of hydrogen-bond donors (Lipinski definition) is 2. The van der Waals surface area contributed by atoms with Crippen LogP contribution < -0.4 is 11.3 Å². The van der Waals surface area contributed by atoms with E-state index in [0.29, 0.717) is 5.92 Å². The first kappa shape index (κ1) is 15.3. The molecule has 118 valence electrons. The number of rotatable bonds is 3. The van der Waals surface area contributed by atoms with Gasteiger partial charge in [0.15, 0.2) is 0 Å². The molecule has 2 fully saturated rings. The van der Waals surface area contributed by atoms with Crippen molar-refractivity contribution in [1.29, 1.82) is 0 Å². The van der Waals surface area contributed by atoms with Gasteiger partial charge in [0.05, 0.1) is 17.3 Å². The number of aryl methyl sites for hydroxylation is 2. The van der Waals surface area contributed by atoms with Crippen molar-refractivity contribution in [3.05, 3.63) is 17.0 Å². The van der Waals surface area contributed by atoms with Gasteiger partial charge in [-0.25, -0.2) is 0 Å². The maximum Gasteiger partial charge on any atom is 0.0783 e. The fraction of sp³-hybridized carbons (Fsp3) is 0.800. The summed E-state index contributed by atoms with van der Waals surface area (Å²) in [6.45, 7) is 5.05. The zero-order valence-corrected chi connectivity index (χ0v) is 14.0. The topological polar surface area (TPSA) is 65.1 Å². The maximum absolute atomic E-state index is 6.14. The van der Waals surface area contributed by atoms with Crippen molar-refractivity contribution >= 4 is 11.8 Å². The highest BCUT2D eigenvalue weighted by Crippen LogP contribution is 2.44. The average molecular weight is 310 g/mol. The van der Waals surface area contributed by atoms with Gasteiger partial charge in [0.25, 0.3) is 0 Å². The number of nitrogens with two attached hydrogens (primary N) is 1. The minimum atomic E-state index is 0.0900. The van der Waals surface area contributed by atoms with E-state index >= 15 is 0 Å². The predicted octanol–water partition coefficient (Wildman–Crippen LogP) is 1.84. The van der Waals surface area contributed by atoms with E-state index in [0.717, 1.165) is 30.9 Å². The highest BCUT2D eigenvalue weighted by molar-refractivity contribution is 7.99. The van der Waals surface area contributed by atoms with Crippen LogP contribution in [0.15, 0.2) is 0 Å². The molecule has 1 aromatic heterocycles. The predicted molar refractivity (Wildman–Crippen MR) is 86.1 cm³/mol. The van der Waals surface area contributed by atoms with Gasteiger partial charge in [0.2, 0.25) is 0 Å². The molecule has 1 spiro atoms. The van der Waals surface area contributed by atoms with Crippen molar-refractivity contribution in [2.45, 2.75) is 44.8 Å². The standard InChI is InChI=1S/C15H26N4OS/c1-10-13(11(2)19(3)18-10)14(17-16)12-4-6-20-15(8-12)5-7-21-9-15/h12,14,17H,4-9,16H2,1-3H3. The molecule has 6 heteroatoms. The molecule has 2 aliphatic heterocycles. The third-order valence-corrected chi connectivity index (χ3v) is 6.35. The molecule has 2 saturated heterocycles. The molecule has 3 heterocycles. The van der Waals surface area contributed by atoms with Gasteiger partial charge in [-0.2, -0.15) is 16.9 Å². The van der Waals surface area contributed by atoms with E-state index in [-0.39, 0.29) is 11.6 Å². The molecule has 3 rings (SSSR count). The first-order valence-electron chi connectivity index (χ1n) is 7.74. The highest BCUT2D eigenvalue weighted by atomic mass is 32.2. The second-order valence-corrected chi connectivity index (χ2v) is 7.54. The summed E-state index contributed by atoms with van der Waals surface area (Å²) in [5, 5.41) is 4.55. The lowest BCUT2D eigenvalue weighted by Crippen LogP contribution is -2.45. The normalized spacial score (nSPS) is 31.0. The molecule has 2 aliphatic rings. The van der Waals surface area contributed by atoms with Crippen LogP contribution in [0.3, 0.4) is 0 Å². The SMILES string of the molecule is Cc1nn(C)c(C)c1C(NN)C1CCOC2(CCSC2)C1. The lowest BCUT2D eigenvalue weighted by Gasteiger charge is -2.41. The first-order valence-corrected chi connectivity index (χ1v) is 8.90. The number of nitrogens with one attached hydrogen (secondary N) is 1. The van der Waals surface area contributed by atoms with Crippen LogP contribution in [0.4, 0.5) is 0 Å². The highest BCUT2D eigenvalue weighted by Gasteiger charge is 2.43. The zero-order valence-electron chi connectivity index (χ0n) is 13.2. The third-order valence-electron chi connectivity index (χ3n) is 5.13. The number of nitrogens with zero attached hydrogens (tertiary/aromatic N) is 2. The molecule has 3 N–H and O–H groups in total. The van der Waals surface area contributed by atoms with E-state index in [2.05, 4.69) is 24.4 Å². The van der Waals surface area contributed by atoms with Crippen LogP contribution in [0, 0.1) is 19.8 Å². The van der Waals surface area contributed by atoms with Crippen molar-refractivity contribution in [3.63, 3.8) is 0 Å². The Kier molecular flexibility index (Phi) is 4.32. The summed E-state index contributed by atoms with van der Waals surface area (Å²) in [4.78, 5) is 0. The van der Waals surface area contributed by atoms with Crippen LogP contribution in [0.1, 0.15) is 42.3 Å². The van der Waals surface area contributed by atoms with Gasteiger partial charge in [-0.15, -0.1) is 0 Å². The molecule has 0 aromatic carbocycles. The lowest BCUT2D eigenvalue weighted by molar-refractivity contribution is -0.0855. The van der Waals surface area contributed by atoms with E-state index in [1.165, 1.54) is 23.4 Å². The van der Waals surface area contributed by atoms with Crippen LogP contribution in [0.25, 0.3) is 0 Å². The van der Waals surface area contributed by atoms with Gasteiger partial charge in [0, 0.05) is 30.7 Å². The quantitative estimate of drug-likeness (QED) is 0.659. The molecule has 0 saturated carbocycles. The van der Waals surface area contributed by atoms with Gasteiger partial charge in [0.1, 0.15) is 0 Å². The Morgan fingerprint density at radius 1 is 1.52 bits per heavy atom. The van der Waals surface area contributed by atoms with Crippen molar-refractivity contribution in [3.8, 4) is 0 Å². The van der Waals surface area contributed by atoms with Gasteiger partial charge in [-0.1, -0.05) is 0 Å². The lowest BCUT2D eigenvalue weighted by atomic mass is 9.79. The van der Waals surface area contributed by atoms with Gasteiger partial charge >= 0.3 is 0 Å². The Morgan fingerprint density at radius 2 is 2.33 bits per heavy atom. The summed E-state index contributed by atoms with van der Waals surface area (Å²) in [6.07, 6.45) is 3.34. The van der Waals surface area contributed by atoms with Crippen molar-refractivity contribution in [2.75, 3.05) is 18.1 Å². The molecule has 3 unspecified atom stereocenters. The number of hydrogen-bond acceptors (Lipinski definition) is 5. The maximum atomic E-state index is 6.14. The van der Waals surface area contributed by atoms with E-state index < -0.39 is 0 Å². The summed E-state index contributed by atoms with van der Waals surface area (Å²) in [5.74, 6) is 8.81. The Labute approximate surface area is 131 Å². The fourth-order valence-electron chi connectivity index (χ4n) is 3.91. The Bertz CT molecular complexity index is 510. The smallest absolute Gasteiger partial charge is 0.0783 e. The molecular weight excluding hydrogens is 284 g/mol. The van der Waals surface area contributed by atoms with Crippen molar-refractivity contribution < 1.29 is 4.74 Å². The minimum Gasteiger partial charge on any atom is -0.374 e. The Morgan fingerprint density at radius 3 is 2.90 bits per heavy atom. The Balaban J connectivity index is 1.85. The Hall–Kier alpha value is -0.560. The summed E-state index contributed by atoms with van der Waals surface area (Å²) in [6, 6.07) is 0.171. The van der Waals surface area contributed by atoms with Crippen LogP contribution in [-0.2, 0) is 11.8 Å². The summed E-state index contributed by atoms with van der Waals surface area (Å²) >= 11 is 2.01.